The molecule has 0 aromatic carbocycles. The van der Waals surface area contributed by atoms with E-state index in [1.165, 1.54) is 12.8 Å². The number of nitrogens with two attached hydrogens (primary N) is 1. The van der Waals surface area contributed by atoms with Gasteiger partial charge in [0.05, 0.1) is 0 Å². The molecule has 82 valence electrons. The van der Waals surface area contributed by atoms with E-state index in [9.17, 15) is 4.79 Å². The molecule has 1 aliphatic rings. The van der Waals surface area contributed by atoms with Gasteiger partial charge in [0, 0.05) is 12.0 Å². The molecule has 0 bridgehead atoms. The first-order valence-corrected chi connectivity index (χ1v) is 5.65. The second-order valence-corrected chi connectivity index (χ2v) is 4.47. The Hall–Kier alpha value is -0.570. The summed E-state index contributed by atoms with van der Waals surface area (Å²) in [6.07, 6.45) is 5.16. The largest absolute Gasteiger partial charge is 0.370 e. The van der Waals surface area contributed by atoms with Crippen LogP contribution in [0.25, 0.3) is 0 Å². The number of nitrogens with one attached hydrogen (secondary N) is 1. The quantitative estimate of drug-likeness (QED) is 0.702. The monoisotopic (exact) mass is 198 g/mol. The molecule has 0 spiro atoms. The van der Waals surface area contributed by atoms with Crippen LogP contribution in [0.3, 0.4) is 0 Å². The van der Waals surface area contributed by atoms with Crippen LogP contribution in [0.4, 0.5) is 0 Å². The van der Waals surface area contributed by atoms with Gasteiger partial charge in [-0.25, -0.2) is 0 Å². The standard InChI is InChI=1S/C11H22N2O/c1-3-9-5-6-11(7-9,13-4-2)8-10(12)14/h9,13H,3-8H2,1-2H3,(H2,12,14). The van der Waals surface area contributed by atoms with Gasteiger partial charge in [0.2, 0.25) is 5.91 Å². The van der Waals surface area contributed by atoms with E-state index in [0.29, 0.717) is 6.42 Å². The van der Waals surface area contributed by atoms with Gasteiger partial charge >= 0.3 is 0 Å². The normalized spacial score (nSPS) is 32.0. The predicted molar refractivity (Wildman–Crippen MR) is 57.9 cm³/mol. The number of primary amides is 1. The molecule has 3 heteroatoms. The van der Waals surface area contributed by atoms with Crippen LogP contribution in [0.2, 0.25) is 0 Å². The van der Waals surface area contributed by atoms with Crippen LogP contribution in [0.1, 0.15) is 46.0 Å². The predicted octanol–water partition coefficient (Wildman–Crippen LogP) is 1.42. The van der Waals surface area contributed by atoms with E-state index in [0.717, 1.165) is 25.3 Å². The lowest BCUT2D eigenvalue weighted by Gasteiger charge is -2.29. The maximum absolute atomic E-state index is 11.0. The zero-order valence-corrected chi connectivity index (χ0v) is 9.31. The Bertz CT molecular complexity index is 205. The van der Waals surface area contributed by atoms with E-state index in [1.54, 1.807) is 0 Å². The number of hydrogen-bond donors (Lipinski definition) is 2. The summed E-state index contributed by atoms with van der Waals surface area (Å²) >= 11 is 0. The van der Waals surface area contributed by atoms with Gasteiger partial charge in [0.15, 0.2) is 0 Å². The van der Waals surface area contributed by atoms with Gasteiger partial charge < -0.3 is 11.1 Å². The van der Waals surface area contributed by atoms with Gasteiger partial charge in [-0.2, -0.15) is 0 Å². The van der Waals surface area contributed by atoms with E-state index >= 15 is 0 Å². The number of carbonyl (C=O) groups excluding carboxylic acids is 1. The average Bonchev–Trinajstić information content (AvgIpc) is 2.48. The van der Waals surface area contributed by atoms with Crippen LogP contribution in [-0.2, 0) is 4.79 Å². The third kappa shape index (κ3) is 2.71. The first-order valence-electron chi connectivity index (χ1n) is 5.65. The minimum absolute atomic E-state index is 0.0151. The second kappa shape index (κ2) is 4.78. The first kappa shape index (κ1) is 11.5. The second-order valence-electron chi connectivity index (χ2n) is 4.47. The molecule has 0 radical (unpaired) electrons. The highest BCUT2D eigenvalue weighted by Gasteiger charge is 2.38. The fourth-order valence-electron chi connectivity index (χ4n) is 2.68. The van der Waals surface area contributed by atoms with Crippen molar-refractivity contribution in [1.82, 2.24) is 5.32 Å². The van der Waals surface area contributed by atoms with Gasteiger partial charge in [-0.15, -0.1) is 0 Å². The van der Waals surface area contributed by atoms with Gasteiger partial charge in [-0.3, -0.25) is 4.79 Å². The molecule has 3 nitrogen and oxygen atoms in total. The third-order valence-corrected chi connectivity index (χ3v) is 3.35. The fourth-order valence-corrected chi connectivity index (χ4v) is 2.68. The molecule has 2 unspecified atom stereocenters. The summed E-state index contributed by atoms with van der Waals surface area (Å²) in [5.41, 5.74) is 5.31. The van der Waals surface area contributed by atoms with Gasteiger partial charge in [-0.05, 0) is 31.7 Å². The zero-order chi connectivity index (χ0) is 10.6. The number of rotatable bonds is 5. The van der Waals surface area contributed by atoms with Crippen molar-refractivity contribution in [3.63, 3.8) is 0 Å². The van der Waals surface area contributed by atoms with Crippen LogP contribution < -0.4 is 11.1 Å². The number of hydrogen-bond acceptors (Lipinski definition) is 2. The average molecular weight is 198 g/mol. The minimum atomic E-state index is -0.178. The third-order valence-electron chi connectivity index (χ3n) is 3.35. The van der Waals surface area contributed by atoms with Gasteiger partial charge in [0.1, 0.15) is 0 Å². The molecule has 0 aromatic rings. The van der Waals surface area contributed by atoms with Crippen LogP contribution in [0.5, 0.6) is 0 Å². The fraction of sp³-hybridized carbons (Fsp3) is 0.909. The molecule has 0 aromatic heterocycles. The molecular formula is C11H22N2O. The van der Waals surface area contributed by atoms with E-state index < -0.39 is 0 Å². The van der Waals surface area contributed by atoms with Gasteiger partial charge in [-0.1, -0.05) is 20.3 Å². The molecule has 1 aliphatic carbocycles. The summed E-state index contributed by atoms with van der Waals surface area (Å²) in [5, 5.41) is 3.45. The van der Waals surface area contributed by atoms with Crippen molar-refractivity contribution in [2.75, 3.05) is 6.54 Å². The van der Waals surface area contributed by atoms with Crippen molar-refractivity contribution < 1.29 is 4.79 Å². The molecular weight excluding hydrogens is 176 g/mol. The van der Waals surface area contributed by atoms with Crippen molar-refractivity contribution >= 4 is 5.91 Å². The highest BCUT2D eigenvalue weighted by molar-refractivity contribution is 5.75. The van der Waals surface area contributed by atoms with E-state index in [-0.39, 0.29) is 11.4 Å². The van der Waals surface area contributed by atoms with E-state index in [1.807, 2.05) is 0 Å². The summed E-state index contributed by atoms with van der Waals surface area (Å²) in [6.45, 7) is 5.22. The first-order chi connectivity index (χ1) is 6.62. The Morgan fingerprint density at radius 3 is 2.71 bits per heavy atom. The van der Waals surface area contributed by atoms with Crippen molar-refractivity contribution in [2.24, 2.45) is 11.7 Å². The Balaban J connectivity index is 2.59. The lowest BCUT2D eigenvalue weighted by atomic mass is 9.91. The Labute approximate surface area is 86.4 Å². The number of amides is 1. The summed E-state index contributed by atoms with van der Waals surface area (Å²) in [5.74, 6) is 0.594. The van der Waals surface area contributed by atoms with Gasteiger partial charge in [0.25, 0.3) is 0 Å². The van der Waals surface area contributed by atoms with E-state index in [2.05, 4.69) is 19.2 Å². The molecule has 1 saturated carbocycles. The van der Waals surface area contributed by atoms with Crippen molar-refractivity contribution in [3.8, 4) is 0 Å². The Morgan fingerprint density at radius 1 is 1.57 bits per heavy atom. The summed E-state index contributed by atoms with van der Waals surface area (Å²) in [6, 6.07) is 0. The van der Waals surface area contributed by atoms with Crippen LogP contribution in [0.15, 0.2) is 0 Å². The molecule has 0 saturated heterocycles. The van der Waals surface area contributed by atoms with Crippen molar-refractivity contribution in [2.45, 2.75) is 51.5 Å². The van der Waals surface area contributed by atoms with Crippen LogP contribution in [-0.4, -0.2) is 18.0 Å². The van der Waals surface area contributed by atoms with E-state index in [4.69, 9.17) is 5.73 Å². The van der Waals surface area contributed by atoms with Crippen molar-refractivity contribution in [3.05, 3.63) is 0 Å². The van der Waals surface area contributed by atoms with Crippen LogP contribution >= 0.6 is 0 Å². The number of carbonyl (C=O) groups is 1. The molecule has 2 atom stereocenters. The Morgan fingerprint density at radius 2 is 2.29 bits per heavy atom. The molecule has 1 amide bonds. The molecule has 14 heavy (non-hydrogen) atoms. The molecule has 1 fully saturated rings. The molecule has 0 heterocycles. The molecule has 1 rings (SSSR count). The minimum Gasteiger partial charge on any atom is -0.370 e. The maximum Gasteiger partial charge on any atom is 0.219 e. The topological polar surface area (TPSA) is 55.1 Å². The van der Waals surface area contributed by atoms with Crippen molar-refractivity contribution in [1.29, 1.82) is 0 Å². The SMILES string of the molecule is CCNC1(CC(N)=O)CCC(CC)C1. The molecule has 3 N–H and O–H groups in total. The zero-order valence-electron chi connectivity index (χ0n) is 9.31. The lowest BCUT2D eigenvalue weighted by Crippen LogP contribution is -2.46. The highest BCUT2D eigenvalue weighted by atomic mass is 16.1. The summed E-state index contributed by atoms with van der Waals surface area (Å²) in [7, 11) is 0. The maximum atomic E-state index is 11.0. The smallest absolute Gasteiger partial charge is 0.219 e. The molecule has 0 aliphatic heterocycles. The van der Waals surface area contributed by atoms with Crippen LogP contribution in [0, 0.1) is 5.92 Å². The highest BCUT2D eigenvalue weighted by Crippen LogP contribution is 2.38. The summed E-state index contributed by atoms with van der Waals surface area (Å²) < 4.78 is 0. The Kier molecular flexibility index (Phi) is 3.93. The lowest BCUT2D eigenvalue weighted by molar-refractivity contribution is -0.119. The summed E-state index contributed by atoms with van der Waals surface area (Å²) in [4.78, 5) is 11.0.